The van der Waals surface area contributed by atoms with Crippen molar-refractivity contribution >= 4 is 5.97 Å². The normalized spacial score (nSPS) is 10.4. The lowest BCUT2D eigenvalue weighted by atomic mass is 10.00. The van der Waals surface area contributed by atoms with E-state index in [0.717, 1.165) is 5.56 Å². The molecular weight excluding hydrogens is 250 g/mol. The molecule has 98 valence electrons. The molecule has 0 heterocycles. The van der Waals surface area contributed by atoms with Crippen LogP contribution in [0.4, 0.5) is 8.78 Å². The molecule has 0 aromatic heterocycles. The molecule has 2 rings (SSSR count). The molecule has 0 radical (unpaired) electrons. The molecule has 0 bridgehead atoms. The standard InChI is InChI=1S/C15H12F2O2/c16-12-5-2-6-13(17)15(12)11-4-1-3-10(9-11)7-8-14(18)19/h1-6,9H,7-8H2,(H,18,19). The number of aryl methyl sites for hydroxylation is 1. The zero-order chi connectivity index (χ0) is 13.8. The van der Waals surface area contributed by atoms with E-state index in [2.05, 4.69) is 0 Å². The van der Waals surface area contributed by atoms with Crippen LogP contribution in [0.5, 0.6) is 0 Å². The van der Waals surface area contributed by atoms with Crippen molar-refractivity contribution in [1.82, 2.24) is 0 Å². The molecule has 0 fully saturated rings. The summed E-state index contributed by atoms with van der Waals surface area (Å²) in [6.07, 6.45) is 0.322. The number of aliphatic carboxylic acids is 1. The van der Waals surface area contributed by atoms with Crippen LogP contribution in [0.15, 0.2) is 42.5 Å². The van der Waals surface area contributed by atoms with Crippen LogP contribution in [0.3, 0.4) is 0 Å². The van der Waals surface area contributed by atoms with Crippen LogP contribution in [0.25, 0.3) is 11.1 Å². The van der Waals surface area contributed by atoms with Crippen LogP contribution in [-0.2, 0) is 11.2 Å². The summed E-state index contributed by atoms with van der Waals surface area (Å²) in [6.45, 7) is 0. The summed E-state index contributed by atoms with van der Waals surface area (Å²) in [5.41, 5.74) is 1.07. The Hall–Kier alpha value is -2.23. The fourth-order valence-corrected chi connectivity index (χ4v) is 1.91. The molecule has 0 saturated carbocycles. The minimum Gasteiger partial charge on any atom is -0.481 e. The summed E-state index contributed by atoms with van der Waals surface area (Å²) in [6, 6.07) is 10.3. The molecule has 2 nitrogen and oxygen atoms in total. The van der Waals surface area contributed by atoms with Crippen LogP contribution in [0.2, 0.25) is 0 Å². The quantitative estimate of drug-likeness (QED) is 0.913. The Kier molecular flexibility index (Phi) is 3.90. The van der Waals surface area contributed by atoms with Crippen LogP contribution in [0, 0.1) is 11.6 Å². The molecule has 0 atom stereocenters. The Morgan fingerprint density at radius 1 is 1.05 bits per heavy atom. The van der Waals surface area contributed by atoms with Crippen LogP contribution in [0.1, 0.15) is 12.0 Å². The van der Waals surface area contributed by atoms with Gasteiger partial charge in [-0.3, -0.25) is 4.79 Å². The number of benzene rings is 2. The van der Waals surface area contributed by atoms with Gasteiger partial charge < -0.3 is 5.11 Å². The molecule has 0 aliphatic heterocycles. The maximum Gasteiger partial charge on any atom is 0.303 e. The molecule has 0 saturated heterocycles. The molecule has 0 amide bonds. The second-order valence-electron chi connectivity index (χ2n) is 4.19. The Balaban J connectivity index is 2.35. The first-order chi connectivity index (χ1) is 9.08. The van der Waals surface area contributed by atoms with Crippen molar-refractivity contribution in [1.29, 1.82) is 0 Å². The lowest BCUT2D eigenvalue weighted by Gasteiger charge is -2.07. The molecular formula is C15H12F2O2. The number of hydrogen-bond acceptors (Lipinski definition) is 1. The van der Waals surface area contributed by atoms with Gasteiger partial charge >= 0.3 is 5.97 Å². The van der Waals surface area contributed by atoms with Gasteiger partial charge in [0.2, 0.25) is 0 Å². The van der Waals surface area contributed by atoms with Gasteiger partial charge in [0.25, 0.3) is 0 Å². The Labute approximate surface area is 109 Å². The average molecular weight is 262 g/mol. The van der Waals surface area contributed by atoms with E-state index < -0.39 is 17.6 Å². The summed E-state index contributed by atoms with van der Waals surface area (Å²) in [4.78, 5) is 10.5. The molecule has 19 heavy (non-hydrogen) atoms. The maximum atomic E-state index is 13.6. The average Bonchev–Trinajstić information content (AvgIpc) is 2.37. The van der Waals surface area contributed by atoms with Gasteiger partial charge in [-0.05, 0) is 29.7 Å². The highest BCUT2D eigenvalue weighted by Gasteiger charge is 2.11. The Bertz CT molecular complexity index is 589. The van der Waals surface area contributed by atoms with Crippen LogP contribution >= 0.6 is 0 Å². The summed E-state index contributed by atoms with van der Waals surface area (Å²) in [5.74, 6) is -2.16. The first-order valence-corrected chi connectivity index (χ1v) is 5.83. The van der Waals surface area contributed by atoms with Gasteiger partial charge in [-0.1, -0.05) is 30.3 Å². The number of carbonyl (C=O) groups is 1. The zero-order valence-electron chi connectivity index (χ0n) is 10.1. The monoisotopic (exact) mass is 262 g/mol. The predicted molar refractivity (Wildman–Crippen MR) is 67.8 cm³/mol. The first kappa shape index (κ1) is 13.2. The number of halogens is 2. The summed E-state index contributed by atoms with van der Waals surface area (Å²) in [5, 5.41) is 8.63. The highest BCUT2D eigenvalue weighted by molar-refractivity contribution is 5.68. The number of carboxylic acids is 1. The molecule has 2 aromatic rings. The van der Waals surface area contributed by atoms with Crippen molar-refractivity contribution < 1.29 is 18.7 Å². The van der Waals surface area contributed by atoms with Gasteiger partial charge in [0, 0.05) is 6.42 Å². The van der Waals surface area contributed by atoms with E-state index in [9.17, 15) is 13.6 Å². The predicted octanol–water partition coefficient (Wildman–Crippen LogP) is 3.65. The highest BCUT2D eigenvalue weighted by atomic mass is 19.1. The summed E-state index contributed by atoms with van der Waals surface area (Å²) in [7, 11) is 0. The second-order valence-corrected chi connectivity index (χ2v) is 4.19. The second kappa shape index (κ2) is 5.61. The fraction of sp³-hybridized carbons (Fsp3) is 0.133. The van der Waals surface area contributed by atoms with Crippen molar-refractivity contribution in [3.63, 3.8) is 0 Å². The van der Waals surface area contributed by atoms with E-state index in [0.29, 0.717) is 12.0 Å². The third-order valence-corrected chi connectivity index (χ3v) is 2.81. The molecule has 0 spiro atoms. The molecule has 0 unspecified atom stereocenters. The van der Waals surface area contributed by atoms with Crippen molar-refractivity contribution in [3.8, 4) is 11.1 Å². The maximum absolute atomic E-state index is 13.6. The Morgan fingerprint density at radius 2 is 1.68 bits per heavy atom. The topological polar surface area (TPSA) is 37.3 Å². The largest absolute Gasteiger partial charge is 0.481 e. The Morgan fingerprint density at radius 3 is 2.32 bits per heavy atom. The third-order valence-electron chi connectivity index (χ3n) is 2.81. The van der Waals surface area contributed by atoms with E-state index in [1.165, 1.54) is 18.2 Å². The van der Waals surface area contributed by atoms with Gasteiger partial charge in [-0.25, -0.2) is 8.78 Å². The van der Waals surface area contributed by atoms with Crippen molar-refractivity contribution in [2.75, 3.05) is 0 Å². The van der Waals surface area contributed by atoms with Crippen molar-refractivity contribution in [2.45, 2.75) is 12.8 Å². The van der Waals surface area contributed by atoms with Crippen molar-refractivity contribution in [3.05, 3.63) is 59.7 Å². The molecule has 1 N–H and O–H groups in total. The first-order valence-electron chi connectivity index (χ1n) is 5.83. The minimum atomic E-state index is -0.900. The van der Waals surface area contributed by atoms with Gasteiger partial charge in [0.05, 0.1) is 5.56 Å². The number of carboxylic acid groups (broad SMARTS) is 1. The van der Waals surface area contributed by atoms with E-state index in [1.54, 1.807) is 24.3 Å². The zero-order valence-corrected chi connectivity index (χ0v) is 10.1. The SMILES string of the molecule is O=C(O)CCc1cccc(-c2c(F)cccc2F)c1. The van der Waals surface area contributed by atoms with Crippen molar-refractivity contribution in [2.24, 2.45) is 0 Å². The van der Waals surface area contributed by atoms with E-state index in [-0.39, 0.29) is 12.0 Å². The smallest absolute Gasteiger partial charge is 0.303 e. The minimum absolute atomic E-state index is 0.0107. The number of rotatable bonds is 4. The molecule has 0 aliphatic rings. The highest BCUT2D eigenvalue weighted by Crippen LogP contribution is 2.26. The van der Waals surface area contributed by atoms with E-state index in [4.69, 9.17) is 5.11 Å². The van der Waals surface area contributed by atoms with Crippen LogP contribution in [-0.4, -0.2) is 11.1 Å². The van der Waals surface area contributed by atoms with E-state index >= 15 is 0 Å². The lowest BCUT2D eigenvalue weighted by molar-refractivity contribution is -0.136. The van der Waals surface area contributed by atoms with E-state index in [1.807, 2.05) is 0 Å². The van der Waals surface area contributed by atoms with Gasteiger partial charge in [-0.15, -0.1) is 0 Å². The summed E-state index contributed by atoms with van der Waals surface area (Å²) < 4.78 is 27.3. The third kappa shape index (κ3) is 3.16. The fourth-order valence-electron chi connectivity index (χ4n) is 1.91. The lowest BCUT2D eigenvalue weighted by Crippen LogP contribution is -1.98. The molecule has 2 aromatic carbocycles. The number of hydrogen-bond donors (Lipinski definition) is 1. The van der Waals surface area contributed by atoms with Gasteiger partial charge in [0.15, 0.2) is 0 Å². The molecule has 0 aliphatic carbocycles. The summed E-state index contributed by atoms with van der Waals surface area (Å²) >= 11 is 0. The van der Waals surface area contributed by atoms with Gasteiger partial charge in [0.1, 0.15) is 11.6 Å². The van der Waals surface area contributed by atoms with Gasteiger partial charge in [-0.2, -0.15) is 0 Å². The molecule has 4 heteroatoms. The van der Waals surface area contributed by atoms with Crippen LogP contribution < -0.4 is 0 Å².